The van der Waals surface area contributed by atoms with Crippen LogP contribution in [0.1, 0.15) is 17.2 Å². The fourth-order valence-corrected chi connectivity index (χ4v) is 2.49. The van der Waals surface area contributed by atoms with Crippen LogP contribution in [0.25, 0.3) is 0 Å². The monoisotopic (exact) mass is 280 g/mol. The van der Waals surface area contributed by atoms with E-state index in [1.54, 1.807) is 0 Å². The molecule has 1 aliphatic rings. The van der Waals surface area contributed by atoms with Crippen LogP contribution < -0.4 is 10.1 Å². The van der Waals surface area contributed by atoms with E-state index in [0.29, 0.717) is 19.0 Å². The molecule has 0 amide bonds. The molecule has 0 saturated heterocycles. The fraction of sp³-hybridized carbons (Fsp3) is 0.235. The fourth-order valence-electron chi connectivity index (χ4n) is 2.49. The Labute approximate surface area is 123 Å². The van der Waals surface area contributed by atoms with Gasteiger partial charge in [-0.2, -0.15) is 5.26 Å². The average molecular weight is 280 g/mol. The quantitative estimate of drug-likeness (QED) is 0.934. The maximum atomic E-state index is 8.56. The summed E-state index contributed by atoms with van der Waals surface area (Å²) >= 11 is 0. The van der Waals surface area contributed by atoms with Crippen molar-refractivity contribution in [2.75, 3.05) is 18.5 Å². The van der Waals surface area contributed by atoms with Gasteiger partial charge in [0.05, 0.1) is 19.3 Å². The third-order valence-electron chi connectivity index (χ3n) is 3.45. The molecule has 0 bridgehead atoms. The molecule has 4 heteroatoms. The first kappa shape index (κ1) is 13.5. The lowest BCUT2D eigenvalue weighted by atomic mass is 9.99. The van der Waals surface area contributed by atoms with Gasteiger partial charge in [0, 0.05) is 11.8 Å². The summed E-state index contributed by atoms with van der Waals surface area (Å²) < 4.78 is 11.0. The van der Waals surface area contributed by atoms with Crippen LogP contribution in [0.2, 0.25) is 0 Å². The van der Waals surface area contributed by atoms with Gasteiger partial charge in [-0.05, 0) is 23.3 Å². The van der Waals surface area contributed by atoms with Crippen LogP contribution in [-0.2, 0) is 11.3 Å². The third kappa shape index (κ3) is 3.15. The van der Waals surface area contributed by atoms with Crippen molar-refractivity contribution in [3.05, 3.63) is 59.7 Å². The summed E-state index contributed by atoms with van der Waals surface area (Å²) in [6.45, 7) is 1.36. The van der Waals surface area contributed by atoms with Crippen LogP contribution in [0.3, 0.4) is 0 Å². The highest BCUT2D eigenvalue weighted by atomic mass is 16.5. The predicted octanol–water partition coefficient (Wildman–Crippen LogP) is 3.27. The van der Waals surface area contributed by atoms with Crippen LogP contribution in [0.4, 0.5) is 5.69 Å². The molecule has 0 radical (unpaired) electrons. The summed E-state index contributed by atoms with van der Waals surface area (Å²) in [6.07, 6.45) is 0. The SMILES string of the molecule is N#CCOc1cccc(NC2COCc3ccccc32)c1. The molecule has 0 saturated carbocycles. The number of nitrogens with zero attached hydrogens (tertiary/aromatic N) is 1. The van der Waals surface area contributed by atoms with Crippen molar-refractivity contribution in [1.82, 2.24) is 0 Å². The highest BCUT2D eigenvalue weighted by Gasteiger charge is 2.20. The molecule has 1 N–H and O–H groups in total. The predicted molar refractivity (Wildman–Crippen MR) is 80.0 cm³/mol. The minimum absolute atomic E-state index is 0.0544. The van der Waals surface area contributed by atoms with Gasteiger partial charge in [0.25, 0.3) is 0 Å². The lowest BCUT2D eigenvalue weighted by Gasteiger charge is -2.27. The zero-order chi connectivity index (χ0) is 14.5. The molecule has 0 aromatic heterocycles. The first-order chi connectivity index (χ1) is 10.4. The van der Waals surface area contributed by atoms with E-state index in [0.717, 1.165) is 5.69 Å². The summed E-state index contributed by atoms with van der Waals surface area (Å²) in [7, 11) is 0. The number of nitriles is 1. The van der Waals surface area contributed by atoms with Crippen molar-refractivity contribution in [1.29, 1.82) is 5.26 Å². The molecule has 2 aromatic carbocycles. The molecule has 0 fully saturated rings. The van der Waals surface area contributed by atoms with Crippen LogP contribution in [0.15, 0.2) is 48.5 Å². The largest absolute Gasteiger partial charge is 0.479 e. The Balaban J connectivity index is 1.77. The molecule has 4 nitrogen and oxygen atoms in total. The van der Waals surface area contributed by atoms with E-state index in [1.165, 1.54) is 11.1 Å². The van der Waals surface area contributed by atoms with Crippen LogP contribution in [-0.4, -0.2) is 13.2 Å². The zero-order valence-corrected chi connectivity index (χ0v) is 11.6. The van der Waals surface area contributed by atoms with Gasteiger partial charge < -0.3 is 14.8 Å². The molecule has 0 spiro atoms. The molecule has 1 atom stereocenters. The van der Waals surface area contributed by atoms with Gasteiger partial charge >= 0.3 is 0 Å². The number of ether oxygens (including phenoxy) is 2. The summed E-state index contributed by atoms with van der Waals surface area (Å²) in [5.41, 5.74) is 3.45. The molecule has 1 heterocycles. The molecule has 0 aliphatic carbocycles. The van der Waals surface area contributed by atoms with E-state index in [2.05, 4.69) is 17.4 Å². The van der Waals surface area contributed by atoms with E-state index in [-0.39, 0.29) is 12.6 Å². The molecule has 1 unspecified atom stereocenters. The number of benzene rings is 2. The summed E-state index contributed by atoms with van der Waals surface area (Å²) in [6, 6.07) is 18.0. The van der Waals surface area contributed by atoms with Crippen molar-refractivity contribution in [2.24, 2.45) is 0 Å². The van der Waals surface area contributed by atoms with Gasteiger partial charge in [-0.3, -0.25) is 0 Å². The normalized spacial score (nSPS) is 16.6. The van der Waals surface area contributed by atoms with E-state index in [9.17, 15) is 0 Å². The van der Waals surface area contributed by atoms with E-state index < -0.39 is 0 Å². The minimum Gasteiger partial charge on any atom is -0.479 e. The number of hydrogen-bond acceptors (Lipinski definition) is 4. The molecular formula is C17H16N2O2. The van der Waals surface area contributed by atoms with Gasteiger partial charge in [-0.15, -0.1) is 0 Å². The van der Waals surface area contributed by atoms with Crippen molar-refractivity contribution in [3.8, 4) is 11.8 Å². The van der Waals surface area contributed by atoms with E-state index in [4.69, 9.17) is 14.7 Å². The van der Waals surface area contributed by atoms with Gasteiger partial charge in [0.2, 0.25) is 0 Å². The van der Waals surface area contributed by atoms with Gasteiger partial charge in [-0.25, -0.2) is 0 Å². The Morgan fingerprint density at radius 1 is 1.24 bits per heavy atom. The molecule has 21 heavy (non-hydrogen) atoms. The number of nitrogens with one attached hydrogen (secondary N) is 1. The van der Waals surface area contributed by atoms with Crippen LogP contribution in [0.5, 0.6) is 5.75 Å². The summed E-state index contributed by atoms with van der Waals surface area (Å²) in [5, 5.41) is 12.0. The zero-order valence-electron chi connectivity index (χ0n) is 11.6. The minimum atomic E-state index is 0.0544. The Bertz CT molecular complexity index is 664. The average Bonchev–Trinajstić information content (AvgIpc) is 2.54. The number of anilines is 1. The van der Waals surface area contributed by atoms with E-state index >= 15 is 0 Å². The third-order valence-corrected chi connectivity index (χ3v) is 3.45. The molecule has 2 aromatic rings. The first-order valence-electron chi connectivity index (χ1n) is 6.89. The van der Waals surface area contributed by atoms with Crippen LogP contribution >= 0.6 is 0 Å². The standard InChI is InChI=1S/C17H16N2O2/c18-8-9-21-15-6-3-5-14(10-15)19-17-12-20-11-13-4-1-2-7-16(13)17/h1-7,10,17,19H,9,11-12H2. The smallest absolute Gasteiger partial charge is 0.174 e. The molecule has 106 valence electrons. The molecular weight excluding hydrogens is 264 g/mol. The highest BCUT2D eigenvalue weighted by Crippen LogP contribution is 2.28. The second-order valence-corrected chi connectivity index (χ2v) is 4.89. The van der Waals surface area contributed by atoms with Crippen LogP contribution in [0, 0.1) is 11.3 Å². The van der Waals surface area contributed by atoms with Crippen molar-refractivity contribution in [3.63, 3.8) is 0 Å². The summed E-state index contributed by atoms with van der Waals surface area (Å²) in [5.74, 6) is 0.687. The van der Waals surface area contributed by atoms with E-state index in [1.807, 2.05) is 42.5 Å². The van der Waals surface area contributed by atoms with Crippen molar-refractivity contribution < 1.29 is 9.47 Å². The Morgan fingerprint density at radius 2 is 2.14 bits per heavy atom. The Hall–Kier alpha value is -2.51. The Morgan fingerprint density at radius 3 is 3.05 bits per heavy atom. The number of hydrogen-bond donors (Lipinski definition) is 1. The molecule has 1 aliphatic heterocycles. The van der Waals surface area contributed by atoms with Gasteiger partial charge in [0.15, 0.2) is 6.61 Å². The second-order valence-electron chi connectivity index (χ2n) is 4.89. The maximum Gasteiger partial charge on any atom is 0.174 e. The second kappa shape index (κ2) is 6.29. The van der Waals surface area contributed by atoms with Crippen molar-refractivity contribution in [2.45, 2.75) is 12.6 Å². The molecule has 3 rings (SSSR count). The topological polar surface area (TPSA) is 54.3 Å². The highest BCUT2D eigenvalue weighted by molar-refractivity contribution is 5.51. The summed E-state index contributed by atoms with van der Waals surface area (Å²) in [4.78, 5) is 0. The Kier molecular flexibility index (Phi) is 4.04. The maximum absolute atomic E-state index is 8.56. The number of rotatable bonds is 4. The lowest BCUT2D eigenvalue weighted by Crippen LogP contribution is -2.23. The lowest BCUT2D eigenvalue weighted by molar-refractivity contribution is 0.0970. The number of fused-ring (bicyclic) bond motifs is 1. The van der Waals surface area contributed by atoms with Gasteiger partial charge in [0.1, 0.15) is 11.8 Å². The first-order valence-corrected chi connectivity index (χ1v) is 6.89. The van der Waals surface area contributed by atoms with Gasteiger partial charge in [-0.1, -0.05) is 30.3 Å². The van der Waals surface area contributed by atoms with Crippen molar-refractivity contribution >= 4 is 5.69 Å².